The van der Waals surface area contributed by atoms with Crippen molar-refractivity contribution in [1.82, 2.24) is 14.5 Å². The SMILES string of the molecule is Cn1cnc2c(-c3ccc(OC(F)(F)F)cc3)cnc(NCC3CCOC3)c2c1=O. The van der Waals surface area contributed by atoms with Crippen LogP contribution < -0.4 is 15.6 Å². The Balaban J connectivity index is 1.71. The van der Waals surface area contributed by atoms with E-state index in [1.165, 1.54) is 35.2 Å². The highest BCUT2D eigenvalue weighted by atomic mass is 19.4. The average molecular weight is 420 g/mol. The van der Waals surface area contributed by atoms with Crippen molar-refractivity contribution in [2.75, 3.05) is 25.1 Å². The van der Waals surface area contributed by atoms with Crippen LogP contribution in [-0.4, -0.2) is 40.7 Å². The van der Waals surface area contributed by atoms with Crippen molar-refractivity contribution < 1.29 is 22.6 Å². The Morgan fingerprint density at radius 2 is 2.03 bits per heavy atom. The van der Waals surface area contributed by atoms with Crippen LogP contribution in [-0.2, 0) is 11.8 Å². The summed E-state index contributed by atoms with van der Waals surface area (Å²) in [7, 11) is 1.60. The van der Waals surface area contributed by atoms with Gasteiger partial charge < -0.3 is 19.4 Å². The van der Waals surface area contributed by atoms with Crippen molar-refractivity contribution in [3.05, 3.63) is 47.1 Å². The van der Waals surface area contributed by atoms with Crippen LogP contribution in [0.15, 0.2) is 41.6 Å². The van der Waals surface area contributed by atoms with Gasteiger partial charge in [0.15, 0.2) is 0 Å². The van der Waals surface area contributed by atoms with Crippen LogP contribution in [0.3, 0.4) is 0 Å². The third kappa shape index (κ3) is 4.23. The summed E-state index contributed by atoms with van der Waals surface area (Å²) in [5, 5.41) is 3.55. The van der Waals surface area contributed by atoms with Gasteiger partial charge >= 0.3 is 6.36 Å². The minimum atomic E-state index is -4.76. The van der Waals surface area contributed by atoms with Crippen molar-refractivity contribution in [1.29, 1.82) is 0 Å². The Morgan fingerprint density at radius 1 is 1.27 bits per heavy atom. The van der Waals surface area contributed by atoms with Crippen LogP contribution in [0.5, 0.6) is 5.75 Å². The predicted octanol–water partition coefficient (Wildman–Crippen LogP) is 3.34. The second-order valence-corrected chi connectivity index (χ2v) is 7.09. The number of halogens is 3. The van der Waals surface area contributed by atoms with Gasteiger partial charge in [-0.1, -0.05) is 12.1 Å². The van der Waals surface area contributed by atoms with Crippen molar-refractivity contribution in [2.24, 2.45) is 13.0 Å². The number of nitrogens with zero attached hydrogens (tertiary/aromatic N) is 3. The lowest BCUT2D eigenvalue weighted by molar-refractivity contribution is -0.274. The van der Waals surface area contributed by atoms with Crippen molar-refractivity contribution in [3.8, 4) is 16.9 Å². The number of aromatic nitrogens is 3. The highest BCUT2D eigenvalue weighted by Gasteiger charge is 2.31. The van der Waals surface area contributed by atoms with Gasteiger partial charge in [-0.2, -0.15) is 0 Å². The van der Waals surface area contributed by atoms with Gasteiger partial charge in [-0.25, -0.2) is 9.97 Å². The highest BCUT2D eigenvalue weighted by Crippen LogP contribution is 2.31. The molecule has 0 amide bonds. The standard InChI is InChI=1S/C20H19F3N4O3/c1-27-11-26-17-15(13-2-4-14(5-3-13)30-20(21,22)23)9-25-18(16(17)19(27)28)24-8-12-6-7-29-10-12/h2-5,9,11-12H,6-8,10H2,1H3,(H,24,25). The van der Waals surface area contributed by atoms with E-state index in [1.54, 1.807) is 13.2 Å². The lowest BCUT2D eigenvalue weighted by atomic mass is 10.0. The van der Waals surface area contributed by atoms with E-state index < -0.39 is 6.36 Å². The molecule has 7 nitrogen and oxygen atoms in total. The molecule has 0 bridgehead atoms. The van der Waals surface area contributed by atoms with E-state index in [1.807, 2.05) is 0 Å². The molecule has 1 N–H and O–H groups in total. The number of rotatable bonds is 5. The summed E-state index contributed by atoms with van der Waals surface area (Å²) in [5.41, 5.74) is 1.26. The third-order valence-corrected chi connectivity index (χ3v) is 4.93. The van der Waals surface area contributed by atoms with E-state index in [9.17, 15) is 18.0 Å². The van der Waals surface area contributed by atoms with Crippen LogP contribution in [0.4, 0.5) is 19.0 Å². The first-order valence-electron chi connectivity index (χ1n) is 9.34. The van der Waals surface area contributed by atoms with Gasteiger partial charge in [0.25, 0.3) is 5.56 Å². The summed E-state index contributed by atoms with van der Waals surface area (Å²) in [6.45, 7) is 1.99. The molecule has 1 aromatic carbocycles. The summed E-state index contributed by atoms with van der Waals surface area (Å²) in [5.74, 6) is 0.430. The van der Waals surface area contributed by atoms with E-state index in [-0.39, 0.29) is 11.3 Å². The first-order valence-corrected chi connectivity index (χ1v) is 9.34. The Hall–Kier alpha value is -3.14. The number of anilines is 1. The van der Waals surface area contributed by atoms with Gasteiger partial charge in [0, 0.05) is 37.9 Å². The number of benzene rings is 1. The number of nitrogens with one attached hydrogen (secondary N) is 1. The predicted molar refractivity (Wildman–Crippen MR) is 104 cm³/mol. The Kier molecular flexibility index (Phi) is 5.33. The molecule has 30 heavy (non-hydrogen) atoms. The molecule has 3 aromatic rings. The molecule has 1 saturated heterocycles. The summed E-state index contributed by atoms with van der Waals surface area (Å²) < 4.78 is 47.8. The lowest BCUT2D eigenvalue weighted by Gasteiger charge is -2.14. The van der Waals surface area contributed by atoms with Gasteiger partial charge in [-0.15, -0.1) is 13.2 Å². The fourth-order valence-corrected chi connectivity index (χ4v) is 3.38. The minimum absolute atomic E-state index is 0.267. The molecule has 1 atom stereocenters. The van der Waals surface area contributed by atoms with E-state index in [4.69, 9.17) is 4.74 Å². The number of hydrogen-bond acceptors (Lipinski definition) is 6. The first kappa shape index (κ1) is 20.1. The maximum Gasteiger partial charge on any atom is 0.573 e. The number of aryl methyl sites for hydroxylation is 1. The summed E-state index contributed by atoms with van der Waals surface area (Å²) in [6.07, 6.45) is -0.863. The van der Waals surface area contributed by atoms with Gasteiger partial charge in [0.05, 0.1) is 18.5 Å². The molecule has 1 fully saturated rings. The molecule has 1 aliphatic rings. The zero-order chi connectivity index (χ0) is 21.3. The molecular formula is C20H19F3N4O3. The summed E-state index contributed by atoms with van der Waals surface area (Å²) in [6, 6.07) is 5.36. The zero-order valence-electron chi connectivity index (χ0n) is 16.1. The second kappa shape index (κ2) is 7.94. The molecule has 10 heteroatoms. The average Bonchev–Trinajstić information content (AvgIpc) is 3.22. The number of alkyl halides is 3. The molecule has 4 rings (SSSR count). The molecule has 0 saturated carbocycles. The fraction of sp³-hybridized carbons (Fsp3) is 0.350. The van der Waals surface area contributed by atoms with Crippen LogP contribution in [0.1, 0.15) is 6.42 Å². The summed E-state index contributed by atoms with van der Waals surface area (Å²) in [4.78, 5) is 21.6. The Labute approximate surface area is 169 Å². The topological polar surface area (TPSA) is 78.3 Å². The molecule has 0 radical (unpaired) electrons. The van der Waals surface area contributed by atoms with E-state index >= 15 is 0 Å². The molecule has 2 aromatic heterocycles. The maximum atomic E-state index is 12.8. The second-order valence-electron chi connectivity index (χ2n) is 7.09. The van der Waals surface area contributed by atoms with Gasteiger partial charge in [-0.05, 0) is 24.1 Å². The quantitative estimate of drug-likeness (QED) is 0.682. The molecular weight excluding hydrogens is 401 g/mol. The number of hydrogen-bond donors (Lipinski definition) is 1. The number of ether oxygens (including phenoxy) is 2. The first-order chi connectivity index (χ1) is 14.3. The van der Waals surface area contributed by atoms with Gasteiger partial charge in [-0.3, -0.25) is 4.79 Å². The molecule has 1 unspecified atom stereocenters. The van der Waals surface area contributed by atoms with Crippen LogP contribution in [0.2, 0.25) is 0 Å². The number of pyridine rings is 1. The van der Waals surface area contributed by atoms with Crippen molar-refractivity contribution >= 4 is 16.7 Å². The normalized spacial score (nSPS) is 16.7. The lowest BCUT2D eigenvalue weighted by Crippen LogP contribution is -2.21. The van der Waals surface area contributed by atoms with Gasteiger partial charge in [0.1, 0.15) is 17.0 Å². The van der Waals surface area contributed by atoms with Crippen LogP contribution in [0.25, 0.3) is 22.0 Å². The zero-order valence-corrected chi connectivity index (χ0v) is 16.1. The van der Waals surface area contributed by atoms with E-state index in [0.717, 1.165) is 13.0 Å². The summed E-state index contributed by atoms with van der Waals surface area (Å²) >= 11 is 0. The Bertz CT molecular complexity index is 1110. The van der Waals surface area contributed by atoms with Crippen LogP contribution in [0, 0.1) is 5.92 Å². The van der Waals surface area contributed by atoms with Crippen molar-refractivity contribution in [2.45, 2.75) is 12.8 Å². The molecule has 0 spiro atoms. The van der Waals surface area contributed by atoms with E-state index in [2.05, 4.69) is 20.0 Å². The monoisotopic (exact) mass is 420 g/mol. The van der Waals surface area contributed by atoms with Crippen molar-refractivity contribution in [3.63, 3.8) is 0 Å². The van der Waals surface area contributed by atoms with Crippen LogP contribution >= 0.6 is 0 Å². The van der Waals surface area contributed by atoms with Gasteiger partial charge in [0.2, 0.25) is 0 Å². The third-order valence-electron chi connectivity index (χ3n) is 4.93. The largest absolute Gasteiger partial charge is 0.573 e. The smallest absolute Gasteiger partial charge is 0.406 e. The molecule has 3 heterocycles. The fourth-order valence-electron chi connectivity index (χ4n) is 3.38. The minimum Gasteiger partial charge on any atom is -0.406 e. The molecule has 158 valence electrons. The highest BCUT2D eigenvalue weighted by molar-refractivity contribution is 5.98. The maximum absolute atomic E-state index is 12.8. The van der Waals surface area contributed by atoms with E-state index in [0.29, 0.717) is 46.9 Å². The molecule has 1 aliphatic heterocycles. The number of fused-ring (bicyclic) bond motifs is 1. The Morgan fingerprint density at radius 3 is 2.70 bits per heavy atom. The molecule has 0 aliphatic carbocycles.